The highest BCUT2D eigenvalue weighted by Gasteiger charge is 2.23. The zero-order valence-electron chi connectivity index (χ0n) is 14.9. The highest BCUT2D eigenvalue weighted by molar-refractivity contribution is 5.80. The normalized spacial score (nSPS) is 15.6. The van der Waals surface area contributed by atoms with Gasteiger partial charge >= 0.3 is 6.03 Å². The summed E-state index contributed by atoms with van der Waals surface area (Å²) in [5, 5.41) is 4.17. The van der Waals surface area contributed by atoms with Crippen LogP contribution in [0, 0.1) is 0 Å². The number of carbonyl (C=O) groups excluding carboxylic acids is 2. The van der Waals surface area contributed by atoms with E-state index in [1.165, 1.54) is 0 Å². The van der Waals surface area contributed by atoms with Crippen molar-refractivity contribution in [3.05, 3.63) is 36.0 Å². The first-order valence-corrected chi connectivity index (χ1v) is 8.96. The van der Waals surface area contributed by atoms with Crippen molar-refractivity contribution in [2.75, 3.05) is 19.6 Å². The Balaban J connectivity index is 1.57. The molecule has 2 heterocycles. The van der Waals surface area contributed by atoms with Crippen molar-refractivity contribution < 1.29 is 9.59 Å². The molecule has 1 aliphatic heterocycles. The van der Waals surface area contributed by atoms with E-state index >= 15 is 0 Å². The average molecular weight is 342 g/mol. The molecule has 1 atom stereocenters. The van der Waals surface area contributed by atoms with E-state index in [1.54, 1.807) is 4.90 Å². The van der Waals surface area contributed by atoms with Gasteiger partial charge < -0.3 is 20.1 Å². The fraction of sp³-hybridized carbons (Fsp3) is 0.474. The topological polar surface area (TPSA) is 68.4 Å². The summed E-state index contributed by atoms with van der Waals surface area (Å²) in [6.45, 7) is 6.50. The molecule has 0 saturated carbocycles. The maximum absolute atomic E-state index is 12.6. The van der Waals surface area contributed by atoms with Crippen LogP contribution < -0.4 is 5.32 Å². The van der Waals surface area contributed by atoms with E-state index in [0.717, 1.165) is 29.4 Å². The lowest BCUT2D eigenvalue weighted by Gasteiger charge is -2.26. The lowest BCUT2D eigenvalue weighted by Crippen LogP contribution is -2.47. The van der Waals surface area contributed by atoms with Crippen molar-refractivity contribution in [3.8, 4) is 0 Å². The summed E-state index contributed by atoms with van der Waals surface area (Å²) in [6, 6.07) is 8.07. The standard InChI is InChI=1S/C19H26N4O2/c1-3-22(13-15-6-7-17-16(11-15)8-9-20-17)19(25)21-14(2)12-23-10-4-5-18(23)24/h6-9,11,14,20H,3-5,10,12-13H2,1-2H3,(H,21,25)/t14-/m1/s1. The van der Waals surface area contributed by atoms with Crippen molar-refractivity contribution in [3.63, 3.8) is 0 Å². The predicted molar refractivity (Wildman–Crippen MR) is 98.2 cm³/mol. The molecule has 0 bridgehead atoms. The number of hydrogen-bond donors (Lipinski definition) is 2. The Morgan fingerprint density at radius 1 is 1.40 bits per heavy atom. The number of amides is 3. The fourth-order valence-corrected chi connectivity index (χ4v) is 3.32. The molecule has 134 valence electrons. The first-order chi connectivity index (χ1) is 12.1. The maximum Gasteiger partial charge on any atom is 0.317 e. The van der Waals surface area contributed by atoms with Gasteiger partial charge in [0, 0.05) is 50.4 Å². The Morgan fingerprint density at radius 3 is 2.96 bits per heavy atom. The molecular formula is C19H26N4O2. The van der Waals surface area contributed by atoms with Crippen LogP contribution in [0.3, 0.4) is 0 Å². The van der Waals surface area contributed by atoms with E-state index < -0.39 is 0 Å². The van der Waals surface area contributed by atoms with Crippen LogP contribution in [-0.4, -0.2) is 52.4 Å². The SMILES string of the molecule is CCN(Cc1ccc2[nH]ccc2c1)C(=O)N[C@H](C)CN1CCCC1=O. The van der Waals surface area contributed by atoms with Crippen LogP contribution in [0.4, 0.5) is 4.79 Å². The summed E-state index contributed by atoms with van der Waals surface area (Å²) in [5.74, 6) is 0.188. The number of carbonyl (C=O) groups is 2. The van der Waals surface area contributed by atoms with Crippen LogP contribution in [0.1, 0.15) is 32.3 Å². The number of aromatic nitrogens is 1. The van der Waals surface area contributed by atoms with E-state index in [2.05, 4.69) is 16.4 Å². The number of benzene rings is 1. The minimum absolute atomic E-state index is 0.0595. The average Bonchev–Trinajstić information content (AvgIpc) is 3.21. The first kappa shape index (κ1) is 17.3. The maximum atomic E-state index is 12.6. The fourth-order valence-electron chi connectivity index (χ4n) is 3.32. The van der Waals surface area contributed by atoms with Crippen molar-refractivity contribution in [1.29, 1.82) is 0 Å². The van der Waals surface area contributed by atoms with Gasteiger partial charge in [-0.15, -0.1) is 0 Å². The molecule has 6 nitrogen and oxygen atoms in total. The van der Waals surface area contributed by atoms with Gasteiger partial charge in [0.1, 0.15) is 0 Å². The number of fused-ring (bicyclic) bond motifs is 1. The molecule has 1 saturated heterocycles. The number of rotatable bonds is 6. The molecule has 1 aromatic carbocycles. The van der Waals surface area contributed by atoms with Crippen molar-refractivity contribution >= 4 is 22.8 Å². The minimum atomic E-state index is -0.0872. The number of likely N-dealkylation sites (tertiary alicyclic amines) is 1. The minimum Gasteiger partial charge on any atom is -0.361 e. The van der Waals surface area contributed by atoms with Crippen LogP contribution in [0.5, 0.6) is 0 Å². The van der Waals surface area contributed by atoms with Crippen molar-refractivity contribution in [1.82, 2.24) is 20.1 Å². The summed E-state index contributed by atoms with van der Waals surface area (Å²) >= 11 is 0. The number of nitrogens with zero attached hydrogens (tertiary/aromatic N) is 2. The van der Waals surface area contributed by atoms with Crippen LogP contribution in [0.2, 0.25) is 0 Å². The van der Waals surface area contributed by atoms with E-state index in [9.17, 15) is 9.59 Å². The Hall–Kier alpha value is -2.50. The second kappa shape index (κ2) is 7.59. The van der Waals surface area contributed by atoms with Gasteiger partial charge in [-0.25, -0.2) is 4.79 Å². The molecule has 2 N–H and O–H groups in total. The molecule has 3 amide bonds. The van der Waals surface area contributed by atoms with Crippen LogP contribution >= 0.6 is 0 Å². The third-order valence-corrected chi connectivity index (χ3v) is 4.70. The Morgan fingerprint density at radius 2 is 2.24 bits per heavy atom. The van der Waals surface area contributed by atoms with Crippen molar-refractivity contribution in [2.45, 2.75) is 39.3 Å². The van der Waals surface area contributed by atoms with E-state index in [1.807, 2.05) is 43.1 Å². The zero-order valence-corrected chi connectivity index (χ0v) is 14.9. The lowest BCUT2D eigenvalue weighted by molar-refractivity contribution is -0.127. The van der Waals surface area contributed by atoms with Gasteiger partial charge in [-0.1, -0.05) is 6.07 Å². The van der Waals surface area contributed by atoms with Crippen LogP contribution in [0.25, 0.3) is 10.9 Å². The Kier molecular flexibility index (Phi) is 5.26. The molecule has 3 rings (SSSR count). The molecule has 0 radical (unpaired) electrons. The summed E-state index contributed by atoms with van der Waals surface area (Å²) in [7, 11) is 0. The largest absolute Gasteiger partial charge is 0.361 e. The van der Waals surface area contributed by atoms with Crippen LogP contribution in [0.15, 0.2) is 30.5 Å². The van der Waals surface area contributed by atoms with Gasteiger partial charge in [0.25, 0.3) is 0 Å². The third-order valence-electron chi connectivity index (χ3n) is 4.70. The smallest absolute Gasteiger partial charge is 0.317 e. The highest BCUT2D eigenvalue weighted by atomic mass is 16.2. The number of hydrogen-bond acceptors (Lipinski definition) is 2. The zero-order chi connectivity index (χ0) is 17.8. The first-order valence-electron chi connectivity index (χ1n) is 8.96. The van der Waals surface area contributed by atoms with Crippen LogP contribution in [-0.2, 0) is 11.3 Å². The van der Waals surface area contributed by atoms with E-state index in [4.69, 9.17) is 0 Å². The monoisotopic (exact) mass is 342 g/mol. The van der Waals surface area contributed by atoms with Gasteiger partial charge in [0.2, 0.25) is 5.91 Å². The Bertz CT molecular complexity index is 755. The second-order valence-electron chi connectivity index (χ2n) is 6.71. The molecule has 0 aliphatic carbocycles. The summed E-state index contributed by atoms with van der Waals surface area (Å²) in [4.78, 5) is 31.1. The third kappa shape index (κ3) is 4.13. The molecular weight excluding hydrogens is 316 g/mol. The molecule has 2 aromatic rings. The van der Waals surface area contributed by atoms with Gasteiger partial charge in [-0.05, 0) is 49.4 Å². The number of nitrogens with one attached hydrogen (secondary N) is 2. The second-order valence-corrected chi connectivity index (χ2v) is 6.71. The van der Waals surface area contributed by atoms with Gasteiger partial charge in [0.05, 0.1) is 0 Å². The van der Waals surface area contributed by atoms with Gasteiger partial charge in [-0.2, -0.15) is 0 Å². The number of aromatic amines is 1. The van der Waals surface area contributed by atoms with Gasteiger partial charge in [0.15, 0.2) is 0 Å². The van der Waals surface area contributed by atoms with E-state index in [0.29, 0.717) is 26.1 Å². The van der Waals surface area contributed by atoms with E-state index in [-0.39, 0.29) is 18.0 Å². The molecule has 1 aliphatic rings. The number of H-pyrrole nitrogens is 1. The lowest BCUT2D eigenvalue weighted by atomic mass is 10.1. The summed E-state index contributed by atoms with van der Waals surface area (Å²) < 4.78 is 0. The predicted octanol–water partition coefficient (Wildman–Crippen LogP) is 2.71. The quantitative estimate of drug-likeness (QED) is 0.847. The highest BCUT2D eigenvalue weighted by Crippen LogP contribution is 2.16. The van der Waals surface area contributed by atoms with Crippen molar-refractivity contribution in [2.24, 2.45) is 0 Å². The molecule has 6 heteroatoms. The Labute approximate surface area is 148 Å². The molecule has 25 heavy (non-hydrogen) atoms. The molecule has 0 unspecified atom stereocenters. The molecule has 1 fully saturated rings. The molecule has 1 aromatic heterocycles. The summed E-state index contributed by atoms with van der Waals surface area (Å²) in [5.41, 5.74) is 2.20. The number of urea groups is 1. The van der Waals surface area contributed by atoms with Gasteiger partial charge in [-0.3, -0.25) is 4.79 Å². The molecule has 0 spiro atoms. The summed E-state index contributed by atoms with van der Waals surface area (Å²) in [6.07, 6.45) is 3.46.